The third kappa shape index (κ3) is 16.4. The van der Waals surface area contributed by atoms with Crippen LogP contribution in [0, 0.1) is 0 Å². The first-order chi connectivity index (χ1) is 39.7. The average Bonchev–Trinajstić information content (AvgIpc) is 2.00. The first-order valence-corrected chi connectivity index (χ1v) is 27.6. The van der Waals surface area contributed by atoms with Gasteiger partial charge in [0.05, 0.1) is 51.3 Å². The monoisotopic (exact) mass is 1270 g/mol. The maximum absolute atomic E-state index is 13.1. The molecule has 6 rings (SSSR count). The Balaban J connectivity index is 1.34. The number of hydrogen-bond acceptors (Lipinski definition) is 34. The molecule has 31 atom stereocenters. The first-order valence-electron chi connectivity index (χ1n) is 26.2. The third-order valence-electron chi connectivity index (χ3n) is 14.8. The molecule has 6 saturated heterocycles. The van der Waals surface area contributed by atoms with Crippen LogP contribution in [0.5, 0.6) is 0 Å². The van der Waals surface area contributed by atoms with Crippen molar-refractivity contribution in [2.75, 3.05) is 33.0 Å². The summed E-state index contributed by atoms with van der Waals surface area (Å²) in [7, 11) is -5.43. The Bertz CT molecular complexity index is 2340. The van der Waals surface area contributed by atoms with Crippen molar-refractivity contribution in [1.29, 1.82) is 0 Å². The minimum absolute atomic E-state index is 0.852. The SMILES string of the molecule is CC(=O)N[C@H]1[C@H](OC[C@H]2OC(O)[C@H](NC(C)=O)[C@@H](O[C@@H]3O[C@H](CO)[C@H](O)[C@H](O[C@]4(C(=O)O)C[C@H](O)[C@@H](NC(C)=O)[C@H]([C@H](O)[C@H](O)CO)O4)[C@H]3O)[C@H]2O)O[C@H](COS(=O)(=O)O)[C@@H](O[C@@H]2O[C@H](CO)[C@H](O)[C@H](O)[C@H]2O)[C@@H]1O[C@@H]1O[C@@H](C)[C@@H](O)[C@@H](O)[C@@H]1O. The number of nitrogens with one attached hydrogen (secondary N) is 3. The maximum Gasteiger partial charge on any atom is 0.397 e. The predicted octanol–water partition coefficient (Wildman–Crippen LogP) is -13.6. The molecule has 0 aromatic carbocycles. The second-order valence-corrected chi connectivity index (χ2v) is 22.0. The van der Waals surface area contributed by atoms with Crippen molar-refractivity contribution in [2.24, 2.45) is 0 Å². The van der Waals surface area contributed by atoms with Crippen LogP contribution in [0.1, 0.15) is 34.1 Å². The van der Waals surface area contributed by atoms with E-state index < -0.39 is 263 Å². The van der Waals surface area contributed by atoms with Gasteiger partial charge in [-0.15, -0.1) is 0 Å². The van der Waals surface area contributed by atoms with Crippen molar-refractivity contribution in [3.05, 3.63) is 0 Å². The number of aliphatic carboxylic acids is 1. The first kappa shape index (κ1) is 70.8. The Kier molecular flexibility index (Phi) is 24.6. The lowest BCUT2D eigenvalue weighted by Gasteiger charge is -2.51. The van der Waals surface area contributed by atoms with Gasteiger partial charge in [0.2, 0.25) is 17.7 Å². The van der Waals surface area contributed by atoms with Crippen molar-refractivity contribution in [1.82, 2.24) is 16.0 Å². The van der Waals surface area contributed by atoms with Crippen LogP contribution in [0.15, 0.2) is 0 Å². The van der Waals surface area contributed by atoms with Crippen LogP contribution in [0.2, 0.25) is 0 Å². The van der Waals surface area contributed by atoms with Crippen LogP contribution in [0.25, 0.3) is 0 Å². The second-order valence-electron chi connectivity index (χ2n) is 20.9. The van der Waals surface area contributed by atoms with Gasteiger partial charge in [0.15, 0.2) is 31.5 Å². The lowest BCUT2D eigenvalue weighted by molar-refractivity contribution is -0.383. The number of aliphatic hydroxyl groups is 16. The van der Waals surface area contributed by atoms with Gasteiger partial charge >= 0.3 is 16.4 Å². The van der Waals surface area contributed by atoms with Gasteiger partial charge in [0.1, 0.15) is 134 Å². The van der Waals surface area contributed by atoms with Gasteiger partial charge in [-0.1, -0.05) is 0 Å². The van der Waals surface area contributed by atoms with Gasteiger partial charge in [0.25, 0.3) is 5.79 Å². The zero-order valence-electron chi connectivity index (χ0n) is 45.4. The summed E-state index contributed by atoms with van der Waals surface area (Å²) in [6.45, 7) is -1.72. The average molecular weight is 1270 g/mol. The van der Waals surface area contributed by atoms with E-state index >= 15 is 0 Å². The van der Waals surface area contributed by atoms with Crippen molar-refractivity contribution in [3.8, 4) is 0 Å². The number of carboxylic acid groups (broad SMARTS) is 1. The molecule has 0 aliphatic carbocycles. The number of carbonyl (C=O) groups excluding carboxylic acids is 3. The minimum Gasteiger partial charge on any atom is -0.477 e. The summed E-state index contributed by atoms with van der Waals surface area (Å²) in [5.41, 5.74) is 0. The van der Waals surface area contributed by atoms with Crippen molar-refractivity contribution in [2.45, 2.75) is 224 Å². The van der Waals surface area contributed by atoms with Crippen LogP contribution in [0.4, 0.5) is 0 Å². The van der Waals surface area contributed by atoms with E-state index in [1.54, 1.807) is 0 Å². The zero-order chi connectivity index (χ0) is 63.5. The molecule has 85 heavy (non-hydrogen) atoms. The number of amides is 3. The van der Waals surface area contributed by atoms with Gasteiger partial charge < -0.3 is 155 Å². The summed E-state index contributed by atoms with van der Waals surface area (Å²) in [5, 5.41) is 191. The molecule has 0 aromatic rings. The number of carboxylic acids is 1. The molecule has 0 spiro atoms. The van der Waals surface area contributed by atoms with E-state index in [0.29, 0.717) is 0 Å². The quantitative estimate of drug-likeness (QED) is 0.0422. The molecule has 6 aliphatic rings. The molecule has 0 aromatic heterocycles. The van der Waals surface area contributed by atoms with Gasteiger partial charge in [0, 0.05) is 27.2 Å². The Morgan fingerprint density at radius 2 is 1.06 bits per heavy atom. The molecule has 40 heteroatoms. The van der Waals surface area contributed by atoms with E-state index in [9.17, 15) is 119 Å². The van der Waals surface area contributed by atoms with Crippen LogP contribution < -0.4 is 16.0 Å². The number of hydrogen-bond donors (Lipinski definition) is 21. The lowest BCUT2D eigenvalue weighted by atomic mass is 9.88. The highest BCUT2D eigenvalue weighted by atomic mass is 32.3. The molecule has 6 heterocycles. The van der Waals surface area contributed by atoms with Crippen LogP contribution in [0.3, 0.4) is 0 Å². The fraction of sp³-hybridized carbons (Fsp3) is 0.911. The molecule has 6 aliphatic heterocycles. The normalized spacial score (nSPS) is 45.2. The van der Waals surface area contributed by atoms with Crippen molar-refractivity contribution >= 4 is 34.1 Å². The Hall–Kier alpha value is -3.33. The summed E-state index contributed by atoms with van der Waals surface area (Å²) < 4.78 is 102. The standard InChI is InChI=1S/C45H75N3O36S/c1-11-24(57)29(62)31(64)41(75-11)82-37-23(48-14(4)54)40(79-20(10-74-85(70,71)72)34(37)80-42-32(65)30(63)26(59)17(7-50)77-42)73-9-19-28(61)35(22(39(67)76-19)47-13(3)53)81-43-33(66)38(27(60)18(8-51)78-43)84-45(44(68)69)5-15(55)21(46-12(2)52)36(83-45)25(58)16(56)6-49/h11,15-43,49-51,55-67H,5-10H2,1-4H3,(H,46,52)(H,47,53)(H,48,54)(H,68,69)(H,70,71,72)/t11-,15-,16+,17+,18+,19+,20+,21+,22+,23+,24+,25+,26-,27-,28-,29+,30-,31-,32+,33+,34+,35+,36+,37+,38-,39?,40+,41-,42-,43-,45-/m0/s1. The van der Waals surface area contributed by atoms with E-state index in [1.807, 2.05) is 0 Å². The molecule has 6 fully saturated rings. The largest absolute Gasteiger partial charge is 0.477 e. The Labute approximate surface area is 481 Å². The number of rotatable bonds is 23. The Morgan fingerprint density at radius 3 is 1.61 bits per heavy atom. The fourth-order valence-corrected chi connectivity index (χ4v) is 10.7. The summed E-state index contributed by atoms with van der Waals surface area (Å²) >= 11 is 0. The fourth-order valence-electron chi connectivity index (χ4n) is 10.4. The number of ether oxygens (including phenoxy) is 11. The van der Waals surface area contributed by atoms with E-state index in [2.05, 4.69) is 20.1 Å². The van der Waals surface area contributed by atoms with E-state index in [1.165, 1.54) is 6.92 Å². The van der Waals surface area contributed by atoms with Crippen molar-refractivity contribution in [3.63, 3.8) is 0 Å². The van der Waals surface area contributed by atoms with Crippen molar-refractivity contribution < 1.29 is 175 Å². The van der Waals surface area contributed by atoms with Crippen LogP contribution >= 0.6 is 0 Å². The van der Waals surface area contributed by atoms with Gasteiger partial charge in [-0.05, 0) is 6.92 Å². The second kappa shape index (κ2) is 29.5. The predicted molar refractivity (Wildman–Crippen MR) is 260 cm³/mol. The smallest absolute Gasteiger partial charge is 0.397 e. The summed E-state index contributed by atoms with van der Waals surface area (Å²) in [4.78, 5) is 50.8. The highest BCUT2D eigenvalue weighted by Crippen LogP contribution is 2.40. The zero-order valence-corrected chi connectivity index (χ0v) is 46.2. The molecule has 39 nitrogen and oxygen atoms in total. The van der Waals surface area contributed by atoms with Crippen LogP contribution in [-0.2, 0) is 85.9 Å². The highest BCUT2D eigenvalue weighted by Gasteiger charge is 2.61. The molecule has 3 amide bonds. The molecule has 21 N–H and O–H groups in total. The van der Waals surface area contributed by atoms with E-state index in [4.69, 9.17) is 52.1 Å². The van der Waals surface area contributed by atoms with Crippen LogP contribution in [-0.4, -0.2) is 346 Å². The highest BCUT2D eigenvalue weighted by molar-refractivity contribution is 7.80. The van der Waals surface area contributed by atoms with Gasteiger partial charge in [-0.2, -0.15) is 8.42 Å². The molecular weight excluding hydrogens is 1190 g/mol. The Morgan fingerprint density at radius 1 is 0.565 bits per heavy atom. The molecule has 0 bridgehead atoms. The summed E-state index contributed by atoms with van der Waals surface area (Å²) in [5.74, 6) is -8.12. The summed E-state index contributed by atoms with van der Waals surface area (Å²) in [6.07, 6.45) is -57.5. The number of carbonyl (C=O) groups is 4. The molecule has 492 valence electrons. The molecule has 0 saturated carbocycles. The maximum atomic E-state index is 13.1. The van der Waals surface area contributed by atoms with E-state index in [-0.39, 0.29) is 0 Å². The van der Waals surface area contributed by atoms with E-state index in [0.717, 1.165) is 20.8 Å². The van der Waals surface area contributed by atoms with Gasteiger partial charge in [-0.3, -0.25) is 18.9 Å². The number of aliphatic hydroxyl groups excluding tert-OH is 16. The summed E-state index contributed by atoms with van der Waals surface area (Å²) in [6, 6.07) is -5.52. The third-order valence-corrected chi connectivity index (χ3v) is 15.2. The molecule has 1 unspecified atom stereocenters. The molecular formula is C45H75N3O36S. The molecule has 0 radical (unpaired) electrons. The minimum atomic E-state index is -5.43. The lowest BCUT2D eigenvalue weighted by Crippen LogP contribution is -2.71. The van der Waals surface area contributed by atoms with Gasteiger partial charge in [-0.25, -0.2) is 8.98 Å². The topological polar surface area (TPSA) is 613 Å².